The van der Waals surface area contributed by atoms with E-state index in [9.17, 15) is 23.1 Å². The van der Waals surface area contributed by atoms with Gasteiger partial charge >= 0.3 is 12.1 Å². The summed E-state index contributed by atoms with van der Waals surface area (Å²) in [6.07, 6.45) is -2.40. The van der Waals surface area contributed by atoms with E-state index in [0.717, 1.165) is 24.8 Å². The molecular weight excluding hydrogens is 283 g/mol. The summed E-state index contributed by atoms with van der Waals surface area (Å²) in [5, 5.41) is 11.9. The first kappa shape index (κ1) is 15.8. The molecule has 0 saturated heterocycles. The Kier molecular flexibility index (Phi) is 4.56. The molecule has 6 heteroatoms. The molecule has 2 rings (SSSR count). The minimum atomic E-state index is -4.88. The monoisotopic (exact) mass is 301 g/mol. The molecule has 21 heavy (non-hydrogen) atoms. The van der Waals surface area contributed by atoms with E-state index in [1.165, 1.54) is 6.92 Å². The summed E-state index contributed by atoms with van der Waals surface area (Å²) < 4.78 is 36.5. The van der Waals surface area contributed by atoms with E-state index in [4.69, 9.17) is 0 Å². The maximum Gasteiger partial charge on any atom is 0.471 e. The number of halogens is 3. The highest BCUT2D eigenvalue weighted by molar-refractivity contribution is 5.82. The molecule has 0 unspecified atom stereocenters. The lowest BCUT2D eigenvalue weighted by molar-refractivity contribution is -0.174. The Bertz CT molecular complexity index is 495. The lowest BCUT2D eigenvalue weighted by atomic mass is 10.0. The van der Waals surface area contributed by atoms with E-state index >= 15 is 0 Å². The first-order valence-electron chi connectivity index (χ1n) is 6.93. The van der Waals surface area contributed by atoms with Gasteiger partial charge in [0.1, 0.15) is 0 Å². The summed E-state index contributed by atoms with van der Waals surface area (Å²) in [6.45, 7) is 1.49. The minimum Gasteiger partial charge on any atom is -0.388 e. The third kappa shape index (κ3) is 4.46. The molecule has 0 heterocycles. The molecule has 0 aliphatic heterocycles. The smallest absolute Gasteiger partial charge is 0.388 e. The second-order valence-corrected chi connectivity index (χ2v) is 5.55. The first-order chi connectivity index (χ1) is 9.77. The number of carbonyl (C=O) groups excluding carboxylic acids is 1. The molecule has 1 aromatic rings. The van der Waals surface area contributed by atoms with Crippen molar-refractivity contribution in [2.24, 2.45) is 5.92 Å². The summed E-state index contributed by atoms with van der Waals surface area (Å²) in [5.41, 5.74) is 1.31. The standard InChI is InChI=1S/C15H18F3NO2/c1-9(19-14(21)15(16,17)18)11-4-6-12(7-5-11)13(20)8-10-2-3-10/h4-7,9-10,13,20H,2-3,8H2,1H3,(H,19,21)/t9-,13+/m0/s1. The van der Waals surface area contributed by atoms with Crippen LogP contribution in [0.4, 0.5) is 13.2 Å². The SMILES string of the molecule is C[C@H](NC(=O)C(F)(F)F)c1ccc([C@H](O)CC2CC2)cc1. The zero-order valence-electron chi connectivity index (χ0n) is 11.7. The van der Waals surface area contributed by atoms with Crippen molar-refractivity contribution in [1.82, 2.24) is 5.32 Å². The molecule has 1 saturated carbocycles. The van der Waals surface area contributed by atoms with Crippen LogP contribution in [0.15, 0.2) is 24.3 Å². The topological polar surface area (TPSA) is 49.3 Å². The highest BCUT2D eigenvalue weighted by Crippen LogP contribution is 2.37. The summed E-state index contributed by atoms with van der Waals surface area (Å²) in [6, 6.07) is 5.91. The van der Waals surface area contributed by atoms with Gasteiger partial charge in [-0.15, -0.1) is 0 Å². The lowest BCUT2D eigenvalue weighted by Gasteiger charge is -2.17. The number of rotatable bonds is 5. The third-order valence-corrected chi connectivity index (χ3v) is 3.68. The molecule has 1 aliphatic carbocycles. The molecule has 116 valence electrons. The zero-order chi connectivity index (χ0) is 15.6. The number of hydrogen-bond donors (Lipinski definition) is 2. The maximum absolute atomic E-state index is 12.2. The zero-order valence-corrected chi connectivity index (χ0v) is 11.7. The fourth-order valence-electron chi connectivity index (χ4n) is 2.17. The number of benzene rings is 1. The molecule has 3 nitrogen and oxygen atoms in total. The van der Waals surface area contributed by atoms with Crippen molar-refractivity contribution in [2.75, 3.05) is 0 Å². The molecule has 2 N–H and O–H groups in total. The predicted molar refractivity (Wildman–Crippen MR) is 71.4 cm³/mol. The molecule has 0 aromatic heterocycles. The van der Waals surface area contributed by atoms with Gasteiger partial charge in [-0.05, 0) is 30.4 Å². The second-order valence-electron chi connectivity index (χ2n) is 5.55. The van der Waals surface area contributed by atoms with E-state index in [0.29, 0.717) is 11.5 Å². The molecule has 0 bridgehead atoms. The van der Waals surface area contributed by atoms with Gasteiger partial charge in [-0.25, -0.2) is 0 Å². The number of hydrogen-bond acceptors (Lipinski definition) is 2. The molecule has 2 atom stereocenters. The van der Waals surface area contributed by atoms with Gasteiger partial charge in [-0.2, -0.15) is 13.2 Å². The Labute approximate surface area is 121 Å². The van der Waals surface area contributed by atoms with Gasteiger partial charge in [0, 0.05) is 0 Å². The van der Waals surface area contributed by atoms with Gasteiger partial charge in [0.05, 0.1) is 12.1 Å². The number of nitrogens with one attached hydrogen (secondary N) is 1. The van der Waals surface area contributed by atoms with Crippen molar-refractivity contribution in [1.29, 1.82) is 0 Å². The number of amides is 1. The highest BCUT2D eigenvalue weighted by Gasteiger charge is 2.39. The molecule has 1 aliphatic rings. The summed E-state index contributed by atoms with van der Waals surface area (Å²) >= 11 is 0. The normalized spacial score (nSPS) is 18.1. The van der Waals surface area contributed by atoms with Crippen LogP contribution in [-0.2, 0) is 4.79 Å². The molecule has 0 radical (unpaired) electrons. The average molecular weight is 301 g/mol. The largest absolute Gasteiger partial charge is 0.471 e. The number of carbonyl (C=O) groups is 1. The summed E-state index contributed by atoms with van der Waals surface area (Å²) in [5.74, 6) is -1.36. The van der Waals surface area contributed by atoms with E-state index < -0.39 is 24.2 Å². The fraction of sp³-hybridized carbons (Fsp3) is 0.533. The molecule has 1 fully saturated rings. The molecular formula is C15H18F3NO2. The average Bonchev–Trinajstić information content (AvgIpc) is 3.21. The predicted octanol–water partition coefficient (Wildman–Crippen LogP) is 3.26. The van der Waals surface area contributed by atoms with Crippen molar-refractivity contribution in [3.8, 4) is 0 Å². The molecule has 1 amide bonds. The van der Waals surface area contributed by atoms with Crippen LogP contribution in [0.5, 0.6) is 0 Å². The maximum atomic E-state index is 12.2. The quantitative estimate of drug-likeness (QED) is 0.877. The van der Waals surface area contributed by atoms with Crippen molar-refractivity contribution in [3.63, 3.8) is 0 Å². The Balaban J connectivity index is 1.95. The number of aliphatic hydroxyl groups excluding tert-OH is 1. The van der Waals surface area contributed by atoms with Gasteiger partial charge in [-0.3, -0.25) is 4.79 Å². The van der Waals surface area contributed by atoms with E-state index in [1.807, 2.05) is 5.32 Å². The van der Waals surface area contributed by atoms with E-state index in [-0.39, 0.29) is 0 Å². The van der Waals surface area contributed by atoms with Crippen LogP contribution in [0.1, 0.15) is 49.5 Å². The molecule has 1 aromatic carbocycles. The van der Waals surface area contributed by atoms with Crippen LogP contribution in [0.3, 0.4) is 0 Å². The number of aliphatic hydroxyl groups is 1. The highest BCUT2D eigenvalue weighted by atomic mass is 19.4. The van der Waals surface area contributed by atoms with E-state index in [2.05, 4.69) is 0 Å². The van der Waals surface area contributed by atoms with Crippen LogP contribution in [-0.4, -0.2) is 17.2 Å². The van der Waals surface area contributed by atoms with Crippen molar-refractivity contribution in [3.05, 3.63) is 35.4 Å². The fourth-order valence-corrected chi connectivity index (χ4v) is 2.17. The second kappa shape index (κ2) is 6.05. The Morgan fingerprint density at radius 1 is 1.29 bits per heavy atom. The van der Waals surface area contributed by atoms with Gasteiger partial charge in [-0.1, -0.05) is 37.1 Å². The van der Waals surface area contributed by atoms with Crippen LogP contribution in [0, 0.1) is 5.92 Å². The molecule has 0 spiro atoms. The van der Waals surface area contributed by atoms with E-state index in [1.54, 1.807) is 24.3 Å². The van der Waals surface area contributed by atoms with Crippen molar-refractivity contribution >= 4 is 5.91 Å². The summed E-state index contributed by atoms with van der Waals surface area (Å²) in [7, 11) is 0. The van der Waals surface area contributed by atoms with Gasteiger partial charge < -0.3 is 10.4 Å². The van der Waals surface area contributed by atoms with Crippen molar-refractivity contribution in [2.45, 2.75) is 44.5 Å². The Morgan fingerprint density at radius 3 is 2.29 bits per heavy atom. The van der Waals surface area contributed by atoms with Crippen molar-refractivity contribution < 1.29 is 23.1 Å². The number of alkyl halides is 3. The van der Waals surface area contributed by atoms with Crippen LogP contribution >= 0.6 is 0 Å². The first-order valence-corrected chi connectivity index (χ1v) is 6.93. The Hall–Kier alpha value is -1.56. The van der Waals surface area contributed by atoms with Gasteiger partial charge in [0.2, 0.25) is 0 Å². The van der Waals surface area contributed by atoms with Gasteiger partial charge in [0.15, 0.2) is 0 Å². The minimum absolute atomic E-state index is 0.536. The van der Waals surface area contributed by atoms with Crippen LogP contribution in [0.2, 0.25) is 0 Å². The van der Waals surface area contributed by atoms with Gasteiger partial charge in [0.25, 0.3) is 0 Å². The Morgan fingerprint density at radius 2 is 1.81 bits per heavy atom. The van der Waals surface area contributed by atoms with Crippen LogP contribution in [0.25, 0.3) is 0 Å². The third-order valence-electron chi connectivity index (χ3n) is 3.68. The lowest BCUT2D eigenvalue weighted by Crippen LogP contribution is -2.38. The van der Waals surface area contributed by atoms with Crippen LogP contribution < -0.4 is 5.32 Å². The summed E-state index contributed by atoms with van der Waals surface area (Å²) in [4.78, 5) is 10.9.